The number of hydrogen-bond acceptors (Lipinski definition) is 9. The van der Waals surface area contributed by atoms with Crippen LogP contribution in [0.5, 0.6) is 0 Å². The van der Waals surface area contributed by atoms with Crippen molar-refractivity contribution >= 4 is 11.8 Å². The number of methoxy groups -OCH3 is 2. The minimum Gasteiger partial charge on any atom is -0.490 e. The highest BCUT2D eigenvalue weighted by Crippen LogP contribution is 2.28. The highest BCUT2D eigenvalue weighted by atomic mass is 16.6. The summed E-state index contributed by atoms with van der Waals surface area (Å²) in [5.74, 6) is -3.46. The number of carbonyl (C=O) groups is 2. The van der Waals surface area contributed by atoms with E-state index in [0.29, 0.717) is 16.7 Å². The molecule has 0 aliphatic carbocycles. The van der Waals surface area contributed by atoms with Gasteiger partial charge in [-0.3, -0.25) is 4.79 Å². The average Bonchev–Trinajstić information content (AvgIpc) is 2.99. The van der Waals surface area contributed by atoms with Crippen LogP contribution in [0.1, 0.15) is 68.7 Å². The van der Waals surface area contributed by atoms with Crippen molar-refractivity contribution in [1.29, 1.82) is 0 Å². The van der Waals surface area contributed by atoms with E-state index in [9.17, 15) is 30.0 Å². The van der Waals surface area contributed by atoms with Gasteiger partial charge in [0, 0.05) is 37.2 Å². The molecule has 1 rings (SSSR count). The lowest BCUT2D eigenvalue weighted by atomic mass is 9.83. The molecule has 0 saturated heterocycles. The molecule has 9 heteroatoms. The molecule has 4 N–H and O–H groups in total. The Morgan fingerprint density at radius 2 is 1.70 bits per heavy atom. The summed E-state index contributed by atoms with van der Waals surface area (Å²) in [6.45, 7) is 16.0. The molecule has 0 bridgehead atoms. The minimum absolute atomic E-state index is 0.00677. The molecule has 0 aromatic carbocycles. The van der Waals surface area contributed by atoms with Crippen molar-refractivity contribution in [3.63, 3.8) is 0 Å². The third-order valence-electron chi connectivity index (χ3n) is 8.65. The highest BCUT2D eigenvalue weighted by molar-refractivity contribution is 5.87. The van der Waals surface area contributed by atoms with Gasteiger partial charge in [0.1, 0.15) is 18.0 Å². The molecule has 0 unspecified atom stereocenters. The van der Waals surface area contributed by atoms with Crippen molar-refractivity contribution in [3.05, 3.63) is 58.9 Å². The molecular weight excluding hydrogens is 564 g/mol. The van der Waals surface area contributed by atoms with E-state index in [4.69, 9.17) is 14.2 Å². The zero-order valence-electron chi connectivity index (χ0n) is 28.4. The first-order valence-corrected chi connectivity index (χ1v) is 15.4. The molecule has 1 aliphatic rings. The lowest BCUT2D eigenvalue weighted by molar-refractivity contribution is -0.162. The molecule has 0 fully saturated rings. The maximum atomic E-state index is 13.4. The van der Waals surface area contributed by atoms with Crippen molar-refractivity contribution in [1.82, 2.24) is 0 Å². The van der Waals surface area contributed by atoms with Gasteiger partial charge in [0.2, 0.25) is 5.76 Å². The summed E-state index contributed by atoms with van der Waals surface area (Å²) in [5.41, 5.74) is 1.95. The van der Waals surface area contributed by atoms with E-state index in [2.05, 4.69) is 0 Å². The summed E-state index contributed by atoms with van der Waals surface area (Å²) in [6.07, 6.45) is 4.56. The Bertz CT molecular complexity index is 1100. The van der Waals surface area contributed by atoms with E-state index in [0.717, 1.165) is 0 Å². The Labute approximate surface area is 264 Å². The van der Waals surface area contributed by atoms with Crippen LogP contribution in [0.3, 0.4) is 0 Å². The molecule has 44 heavy (non-hydrogen) atoms. The molecular formula is C35H56O9. The van der Waals surface area contributed by atoms with Gasteiger partial charge < -0.3 is 34.6 Å². The first-order valence-electron chi connectivity index (χ1n) is 15.4. The third-order valence-corrected chi connectivity index (χ3v) is 8.65. The number of esters is 1. The van der Waals surface area contributed by atoms with E-state index in [1.165, 1.54) is 20.3 Å². The number of ether oxygens (including phenoxy) is 3. The fourth-order valence-electron chi connectivity index (χ4n) is 5.38. The van der Waals surface area contributed by atoms with E-state index >= 15 is 0 Å². The smallest absolute Gasteiger partial charge is 0.373 e. The number of rotatable bonds is 10. The predicted octanol–water partition coefficient (Wildman–Crippen LogP) is 4.46. The van der Waals surface area contributed by atoms with Crippen molar-refractivity contribution in [2.45, 2.75) is 105 Å². The van der Waals surface area contributed by atoms with Crippen LogP contribution >= 0.6 is 0 Å². The molecule has 1 aliphatic heterocycles. The number of aliphatic hydroxyl groups excluding tert-OH is 4. The van der Waals surface area contributed by atoms with Crippen molar-refractivity contribution in [3.8, 4) is 0 Å². The first-order chi connectivity index (χ1) is 20.5. The lowest BCUT2D eigenvalue weighted by Crippen LogP contribution is -2.45. The van der Waals surface area contributed by atoms with Gasteiger partial charge in [0.25, 0.3) is 0 Å². The van der Waals surface area contributed by atoms with E-state index in [1.54, 1.807) is 71.9 Å². The summed E-state index contributed by atoms with van der Waals surface area (Å²) < 4.78 is 17.0. The van der Waals surface area contributed by atoms with Crippen LogP contribution in [0.4, 0.5) is 0 Å². The number of ketones is 1. The van der Waals surface area contributed by atoms with Crippen LogP contribution in [-0.2, 0) is 23.8 Å². The van der Waals surface area contributed by atoms with Gasteiger partial charge in [0.05, 0.1) is 31.5 Å². The SMILES string of the molecule is COC1=CC(C)=C[C@@H](C)[C@@H](O)[C@@H](C)[C@H](O)C(C)=CC=C[C@H](OC)[C@@H]([C@@H](C)[C@@H](O)[C@H](C)C(=O)C/C=C(\C)[C@H](O)C(C)C)OC1=O. The second-order valence-corrected chi connectivity index (χ2v) is 12.6. The molecule has 1 heterocycles. The number of allylic oxidation sites excluding steroid dienone is 5. The minimum atomic E-state index is -1.19. The van der Waals surface area contributed by atoms with Gasteiger partial charge in [-0.15, -0.1) is 0 Å². The summed E-state index contributed by atoms with van der Waals surface area (Å²) in [7, 11) is 2.79. The molecule has 0 aromatic rings. The normalized spacial score (nSPS) is 29.1. The molecule has 0 spiro atoms. The monoisotopic (exact) mass is 620 g/mol. The second-order valence-electron chi connectivity index (χ2n) is 12.6. The maximum absolute atomic E-state index is 13.4. The lowest BCUT2D eigenvalue weighted by Gasteiger charge is -2.34. The van der Waals surface area contributed by atoms with Gasteiger partial charge in [0.15, 0.2) is 0 Å². The maximum Gasteiger partial charge on any atom is 0.373 e. The van der Waals surface area contributed by atoms with Gasteiger partial charge in [-0.1, -0.05) is 77.5 Å². The quantitative estimate of drug-likeness (QED) is 0.206. The molecule has 9 nitrogen and oxygen atoms in total. The van der Waals surface area contributed by atoms with E-state index < -0.39 is 60.3 Å². The Balaban J connectivity index is 3.51. The van der Waals surface area contributed by atoms with Crippen LogP contribution in [0.25, 0.3) is 0 Å². The average molecular weight is 621 g/mol. The van der Waals surface area contributed by atoms with Crippen LogP contribution in [-0.4, -0.2) is 83.0 Å². The first kappa shape index (κ1) is 39.5. The largest absolute Gasteiger partial charge is 0.490 e. The molecule has 0 amide bonds. The second kappa shape index (κ2) is 18.4. The molecule has 250 valence electrons. The Kier molecular flexibility index (Phi) is 16.5. The summed E-state index contributed by atoms with van der Waals surface area (Å²) in [6, 6.07) is 0. The van der Waals surface area contributed by atoms with E-state index in [-0.39, 0.29) is 29.8 Å². The van der Waals surface area contributed by atoms with Crippen LogP contribution < -0.4 is 0 Å². The van der Waals surface area contributed by atoms with Crippen LogP contribution in [0.15, 0.2) is 58.9 Å². The van der Waals surface area contributed by atoms with Crippen molar-refractivity contribution in [2.75, 3.05) is 14.2 Å². The molecule has 0 radical (unpaired) electrons. The number of aliphatic hydroxyl groups is 4. The summed E-state index contributed by atoms with van der Waals surface area (Å²) in [5, 5.41) is 43.4. The summed E-state index contributed by atoms with van der Waals surface area (Å²) >= 11 is 0. The zero-order chi connectivity index (χ0) is 33.9. The van der Waals surface area contributed by atoms with Crippen LogP contribution in [0.2, 0.25) is 0 Å². The third kappa shape index (κ3) is 11.1. The Morgan fingerprint density at radius 1 is 1.09 bits per heavy atom. The molecule has 0 aromatic heterocycles. The zero-order valence-corrected chi connectivity index (χ0v) is 28.4. The fourth-order valence-corrected chi connectivity index (χ4v) is 5.38. The van der Waals surface area contributed by atoms with E-state index in [1.807, 2.05) is 20.8 Å². The highest BCUT2D eigenvalue weighted by Gasteiger charge is 2.38. The summed E-state index contributed by atoms with van der Waals surface area (Å²) in [4.78, 5) is 26.5. The fraction of sp³-hybridized carbons (Fsp3) is 0.657. The number of carbonyl (C=O) groups excluding carboxylic acids is 2. The van der Waals surface area contributed by atoms with Crippen molar-refractivity contribution in [2.24, 2.45) is 29.6 Å². The Hall–Kier alpha value is -2.56. The predicted molar refractivity (Wildman–Crippen MR) is 171 cm³/mol. The number of Topliss-reactive ketones (excluding diaryl/α,β-unsaturated/α-hetero) is 1. The standard InChI is InChI=1S/C35H56O9/c1-19(2)30(37)22(5)15-16-27(36)24(7)33(40)26(9)34-28(42-10)14-12-13-21(4)31(38)25(8)32(39)23(6)17-20(3)18-29(43-11)35(41)44-34/h12-15,17-19,23-26,28,30-34,37-40H,16H2,1-11H3/b14-12?,20-17?,21-13?,22-15+,29-18?/t23-,24-,25+,26+,28+,30-,31-,32-,33+,34-/m1/s1. The number of cyclic esters (lactones) is 1. The van der Waals surface area contributed by atoms with Gasteiger partial charge >= 0.3 is 5.97 Å². The topological polar surface area (TPSA) is 143 Å². The van der Waals surface area contributed by atoms with Gasteiger partial charge in [-0.05, 0) is 43.9 Å². The van der Waals surface area contributed by atoms with Crippen molar-refractivity contribution < 1.29 is 44.2 Å². The number of hydrogen-bond donors (Lipinski definition) is 4. The van der Waals surface area contributed by atoms with Crippen LogP contribution in [0, 0.1) is 29.6 Å². The molecule has 0 saturated carbocycles. The van der Waals surface area contributed by atoms with Gasteiger partial charge in [-0.2, -0.15) is 0 Å². The molecule has 10 atom stereocenters. The Morgan fingerprint density at radius 3 is 2.25 bits per heavy atom. The van der Waals surface area contributed by atoms with Gasteiger partial charge in [-0.25, -0.2) is 4.79 Å².